The van der Waals surface area contributed by atoms with E-state index in [1.54, 1.807) is 10.9 Å². The number of H-pyrrole nitrogens is 1. The average molecular weight is 359 g/mol. The van der Waals surface area contributed by atoms with Crippen molar-refractivity contribution in [3.63, 3.8) is 0 Å². The van der Waals surface area contributed by atoms with Crippen LogP contribution in [-0.2, 0) is 0 Å². The van der Waals surface area contributed by atoms with Crippen LogP contribution in [0.1, 0.15) is 12.5 Å². The number of rotatable bonds is 5. The quantitative estimate of drug-likeness (QED) is 0.538. The first-order valence-electron chi connectivity index (χ1n) is 7.38. The van der Waals surface area contributed by atoms with Crippen LogP contribution in [0.5, 0.6) is 5.75 Å². The van der Waals surface area contributed by atoms with Crippen LogP contribution in [0.25, 0.3) is 11.4 Å². The zero-order chi connectivity index (χ0) is 16.9. The van der Waals surface area contributed by atoms with Crippen molar-refractivity contribution in [1.29, 1.82) is 0 Å². The third-order valence-electron chi connectivity index (χ3n) is 3.25. The molecule has 0 aliphatic carbocycles. The predicted molar refractivity (Wildman–Crippen MR) is 98.5 cm³/mol. The summed E-state index contributed by atoms with van der Waals surface area (Å²) in [6, 6.07) is 15.0. The molecule has 0 unspecified atom stereocenters. The molecule has 2 aromatic carbocycles. The molecule has 1 aromatic heterocycles. The summed E-state index contributed by atoms with van der Waals surface area (Å²) in [6.07, 6.45) is 1.71. The second kappa shape index (κ2) is 7.42. The van der Waals surface area contributed by atoms with E-state index in [1.165, 1.54) is 0 Å². The number of hydrogen-bond acceptors (Lipinski definition) is 4. The van der Waals surface area contributed by atoms with Gasteiger partial charge in [0, 0.05) is 10.6 Å². The van der Waals surface area contributed by atoms with E-state index < -0.39 is 0 Å². The van der Waals surface area contributed by atoms with E-state index in [0.29, 0.717) is 22.2 Å². The smallest absolute Gasteiger partial charge is 0.216 e. The van der Waals surface area contributed by atoms with Gasteiger partial charge in [0.1, 0.15) is 5.75 Å². The van der Waals surface area contributed by atoms with Crippen molar-refractivity contribution in [3.8, 4) is 17.1 Å². The lowest BCUT2D eigenvalue weighted by Gasteiger charge is -2.05. The predicted octanol–water partition coefficient (Wildman–Crippen LogP) is 4.54. The van der Waals surface area contributed by atoms with Gasteiger partial charge in [0.05, 0.1) is 12.8 Å². The lowest BCUT2D eigenvalue weighted by Crippen LogP contribution is -1.96. The van der Waals surface area contributed by atoms with Crippen LogP contribution in [0.3, 0.4) is 0 Å². The minimum Gasteiger partial charge on any atom is -0.494 e. The standard InChI is InChI=1S/C17H15ClN4OS/c1-2-23-15-5-3-4-13(10-15)16-20-21-17(24)22(16)19-11-12-6-8-14(18)9-7-12/h3-11H,2H2,1H3,(H,21,24). The molecule has 0 atom stereocenters. The van der Waals surface area contributed by atoms with Gasteiger partial charge >= 0.3 is 0 Å². The fraction of sp³-hybridized carbons (Fsp3) is 0.118. The fourth-order valence-corrected chi connectivity index (χ4v) is 2.46. The Morgan fingerprint density at radius 2 is 2.08 bits per heavy atom. The van der Waals surface area contributed by atoms with Gasteiger partial charge < -0.3 is 4.74 Å². The lowest BCUT2D eigenvalue weighted by molar-refractivity contribution is 0.340. The molecule has 24 heavy (non-hydrogen) atoms. The third kappa shape index (κ3) is 3.72. The first-order valence-corrected chi connectivity index (χ1v) is 8.16. The molecule has 0 saturated carbocycles. The van der Waals surface area contributed by atoms with E-state index in [9.17, 15) is 0 Å². The zero-order valence-corrected chi connectivity index (χ0v) is 14.5. The van der Waals surface area contributed by atoms with E-state index in [1.807, 2.05) is 55.5 Å². The molecular weight excluding hydrogens is 344 g/mol. The SMILES string of the molecule is CCOc1cccc(-c2n[nH]c(=S)n2N=Cc2ccc(Cl)cc2)c1. The molecule has 0 fully saturated rings. The highest BCUT2D eigenvalue weighted by Crippen LogP contribution is 2.22. The molecule has 0 saturated heterocycles. The van der Waals surface area contributed by atoms with Gasteiger partial charge in [-0.3, -0.25) is 0 Å². The highest BCUT2D eigenvalue weighted by molar-refractivity contribution is 7.71. The lowest BCUT2D eigenvalue weighted by atomic mass is 10.2. The average Bonchev–Trinajstić information content (AvgIpc) is 2.96. The maximum atomic E-state index is 5.89. The van der Waals surface area contributed by atoms with Crippen LogP contribution < -0.4 is 4.74 Å². The molecule has 3 rings (SSSR count). The number of ether oxygens (including phenoxy) is 1. The summed E-state index contributed by atoms with van der Waals surface area (Å²) < 4.78 is 7.52. The van der Waals surface area contributed by atoms with E-state index >= 15 is 0 Å². The molecule has 1 heterocycles. The third-order valence-corrected chi connectivity index (χ3v) is 3.76. The molecule has 7 heteroatoms. The van der Waals surface area contributed by atoms with Gasteiger partial charge in [-0.1, -0.05) is 35.9 Å². The summed E-state index contributed by atoms with van der Waals surface area (Å²) in [4.78, 5) is 0. The van der Waals surface area contributed by atoms with Crippen molar-refractivity contribution in [2.45, 2.75) is 6.92 Å². The molecule has 0 aliphatic heterocycles. The van der Waals surface area contributed by atoms with E-state index in [4.69, 9.17) is 28.6 Å². The number of nitrogens with zero attached hydrogens (tertiary/aromatic N) is 3. The summed E-state index contributed by atoms with van der Waals surface area (Å²) in [5.74, 6) is 1.39. The topological polar surface area (TPSA) is 55.2 Å². The first-order chi connectivity index (χ1) is 11.7. The number of halogens is 1. The molecule has 3 aromatic rings. The number of benzene rings is 2. The summed E-state index contributed by atoms with van der Waals surface area (Å²) in [5, 5.41) is 12.2. The van der Waals surface area contributed by atoms with Gasteiger partial charge in [0.15, 0.2) is 5.82 Å². The minimum absolute atomic E-state index is 0.414. The van der Waals surface area contributed by atoms with Crippen LogP contribution >= 0.6 is 23.8 Å². The zero-order valence-electron chi connectivity index (χ0n) is 12.9. The van der Waals surface area contributed by atoms with E-state index in [0.717, 1.165) is 16.9 Å². The minimum atomic E-state index is 0.414. The highest BCUT2D eigenvalue weighted by atomic mass is 35.5. The Bertz CT molecular complexity index is 915. The van der Waals surface area contributed by atoms with Crippen molar-refractivity contribution in [3.05, 3.63) is 63.9 Å². The van der Waals surface area contributed by atoms with Crippen molar-refractivity contribution < 1.29 is 4.74 Å². The highest BCUT2D eigenvalue weighted by Gasteiger charge is 2.09. The monoisotopic (exact) mass is 358 g/mol. The summed E-state index contributed by atoms with van der Waals surface area (Å²) in [6.45, 7) is 2.55. The second-order valence-electron chi connectivity index (χ2n) is 4.92. The molecule has 0 bridgehead atoms. The maximum absolute atomic E-state index is 5.89. The largest absolute Gasteiger partial charge is 0.494 e. The number of nitrogens with one attached hydrogen (secondary N) is 1. The summed E-state index contributed by atoms with van der Waals surface area (Å²) in [5.41, 5.74) is 1.78. The van der Waals surface area contributed by atoms with Crippen molar-refractivity contribution in [1.82, 2.24) is 14.9 Å². The fourth-order valence-electron chi connectivity index (χ4n) is 2.15. The summed E-state index contributed by atoms with van der Waals surface area (Å²) in [7, 11) is 0. The Morgan fingerprint density at radius 3 is 2.83 bits per heavy atom. The molecule has 0 spiro atoms. The van der Waals surface area contributed by atoms with Gasteiger partial charge in [0.25, 0.3) is 0 Å². The van der Waals surface area contributed by atoms with Gasteiger partial charge in [0.2, 0.25) is 4.77 Å². The van der Waals surface area contributed by atoms with Crippen LogP contribution in [0.2, 0.25) is 5.02 Å². The number of aromatic nitrogens is 3. The Hall–Kier alpha value is -2.44. The molecule has 0 aliphatic rings. The normalized spacial score (nSPS) is 11.1. The van der Waals surface area contributed by atoms with Gasteiger partial charge in [-0.05, 0) is 49.0 Å². The van der Waals surface area contributed by atoms with Crippen molar-refractivity contribution in [2.24, 2.45) is 5.10 Å². The molecule has 0 radical (unpaired) electrons. The van der Waals surface area contributed by atoms with E-state index in [2.05, 4.69) is 15.3 Å². The Labute approximate surface area is 149 Å². The van der Waals surface area contributed by atoms with Crippen LogP contribution in [0.4, 0.5) is 0 Å². The first kappa shape index (κ1) is 16.4. The maximum Gasteiger partial charge on any atom is 0.216 e. The second-order valence-corrected chi connectivity index (χ2v) is 5.74. The number of hydrogen-bond donors (Lipinski definition) is 1. The molecular formula is C17H15ClN4OS. The van der Waals surface area contributed by atoms with Crippen molar-refractivity contribution >= 4 is 30.0 Å². The van der Waals surface area contributed by atoms with Crippen molar-refractivity contribution in [2.75, 3.05) is 6.61 Å². The van der Waals surface area contributed by atoms with Gasteiger partial charge in [-0.25, -0.2) is 5.10 Å². The Morgan fingerprint density at radius 1 is 1.29 bits per heavy atom. The number of aromatic amines is 1. The molecule has 5 nitrogen and oxygen atoms in total. The van der Waals surface area contributed by atoms with Crippen LogP contribution in [0.15, 0.2) is 53.6 Å². The Balaban J connectivity index is 1.95. The Kier molecular flexibility index (Phi) is 5.08. The van der Waals surface area contributed by atoms with Gasteiger partial charge in [-0.15, -0.1) is 0 Å². The molecule has 0 amide bonds. The molecule has 1 N–H and O–H groups in total. The van der Waals surface area contributed by atoms with Crippen LogP contribution in [0, 0.1) is 4.77 Å². The van der Waals surface area contributed by atoms with E-state index in [-0.39, 0.29) is 0 Å². The van der Waals surface area contributed by atoms with Gasteiger partial charge in [-0.2, -0.15) is 14.9 Å². The summed E-state index contributed by atoms with van der Waals surface area (Å²) >= 11 is 11.2. The molecule has 122 valence electrons. The van der Waals surface area contributed by atoms with Crippen LogP contribution in [-0.4, -0.2) is 27.7 Å².